The van der Waals surface area contributed by atoms with Crippen molar-refractivity contribution in [2.45, 2.75) is 33.5 Å². The molecule has 0 heterocycles. The number of ether oxygens (including phenoxy) is 2. The smallest absolute Gasteiger partial charge is 0.347 e. The van der Waals surface area contributed by atoms with Gasteiger partial charge in [0.1, 0.15) is 5.75 Å². The Kier molecular flexibility index (Phi) is 4.97. The molecule has 0 bridgehead atoms. The molecule has 0 aliphatic carbocycles. The van der Waals surface area contributed by atoms with Gasteiger partial charge in [0.2, 0.25) is 0 Å². The second-order valence-electron chi connectivity index (χ2n) is 3.73. The summed E-state index contributed by atoms with van der Waals surface area (Å²) in [5.74, 6) is 0.148. The van der Waals surface area contributed by atoms with Crippen LogP contribution in [0.5, 0.6) is 5.75 Å². The SMILES string of the molecule is CCOC(=O)C(C)Oc1c(C)cccc1CO. The normalized spacial score (nSPS) is 12.0. The van der Waals surface area contributed by atoms with E-state index in [2.05, 4.69) is 0 Å². The lowest BCUT2D eigenvalue weighted by atomic mass is 10.1. The first-order valence-electron chi connectivity index (χ1n) is 5.62. The maximum atomic E-state index is 11.4. The molecule has 0 fully saturated rings. The highest BCUT2D eigenvalue weighted by Gasteiger charge is 2.18. The third-order valence-electron chi connectivity index (χ3n) is 2.38. The maximum Gasteiger partial charge on any atom is 0.347 e. The topological polar surface area (TPSA) is 55.8 Å². The molecule has 4 nitrogen and oxygen atoms in total. The van der Waals surface area contributed by atoms with Crippen LogP contribution in [0, 0.1) is 6.92 Å². The van der Waals surface area contributed by atoms with Crippen LogP contribution >= 0.6 is 0 Å². The average Bonchev–Trinajstić information content (AvgIpc) is 2.31. The second kappa shape index (κ2) is 6.25. The van der Waals surface area contributed by atoms with Crippen LogP contribution in [0.3, 0.4) is 0 Å². The summed E-state index contributed by atoms with van der Waals surface area (Å²) in [5, 5.41) is 9.20. The molecular formula is C13H18O4. The van der Waals surface area contributed by atoms with E-state index in [0.29, 0.717) is 17.9 Å². The summed E-state index contributed by atoms with van der Waals surface area (Å²) in [6, 6.07) is 5.47. The van der Waals surface area contributed by atoms with Gasteiger partial charge >= 0.3 is 5.97 Å². The molecule has 1 N–H and O–H groups in total. The van der Waals surface area contributed by atoms with Crippen molar-refractivity contribution in [2.24, 2.45) is 0 Å². The molecular weight excluding hydrogens is 220 g/mol. The quantitative estimate of drug-likeness (QED) is 0.795. The Labute approximate surface area is 101 Å². The molecule has 0 aliphatic heterocycles. The number of benzene rings is 1. The number of esters is 1. The van der Waals surface area contributed by atoms with Crippen LogP contribution in [-0.2, 0) is 16.1 Å². The van der Waals surface area contributed by atoms with Gasteiger partial charge in [-0.05, 0) is 26.3 Å². The molecule has 1 aromatic rings. The first-order chi connectivity index (χ1) is 8.10. The fraction of sp³-hybridized carbons (Fsp3) is 0.462. The van der Waals surface area contributed by atoms with Crippen LogP contribution in [0.2, 0.25) is 0 Å². The van der Waals surface area contributed by atoms with Crippen LogP contribution < -0.4 is 4.74 Å². The minimum absolute atomic E-state index is 0.118. The molecule has 0 spiro atoms. The Hall–Kier alpha value is -1.55. The zero-order chi connectivity index (χ0) is 12.8. The third-order valence-corrected chi connectivity index (χ3v) is 2.38. The zero-order valence-corrected chi connectivity index (χ0v) is 10.4. The molecule has 1 rings (SSSR count). The minimum atomic E-state index is -0.679. The Morgan fingerprint density at radius 3 is 2.76 bits per heavy atom. The van der Waals surface area contributed by atoms with E-state index in [1.165, 1.54) is 0 Å². The van der Waals surface area contributed by atoms with Crippen molar-refractivity contribution in [3.8, 4) is 5.75 Å². The van der Waals surface area contributed by atoms with Gasteiger partial charge in [0, 0.05) is 5.56 Å². The molecule has 1 unspecified atom stereocenters. The van der Waals surface area contributed by atoms with Crippen LogP contribution in [0.1, 0.15) is 25.0 Å². The Morgan fingerprint density at radius 2 is 2.18 bits per heavy atom. The molecule has 1 atom stereocenters. The van der Waals surface area contributed by atoms with E-state index >= 15 is 0 Å². The number of carbonyl (C=O) groups excluding carboxylic acids is 1. The van der Waals surface area contributed by atoms with Crippen LogP contribution in [0.25, 0.3) is 0 Å². The highest BCUT2D eigenvalue weighted by atomic mass is 16.6. The molecule has 94 valence electrons. The van der Waals surface area contributed by atoms with E-state index in [4.69, 9.17) is 9.47 Å². The number of carbonyl (C=O) groups is 1. The van der Waals surface area contributed by atoms with Gasteiger partial charge in [-0.3, -0.25) is 0 Å². The molecule has 0 saturated heterocycles. The predicted octanol–water partition coefficient (Wildman–Crippen LogP) is 1.82. The number of rotatable bonds is 5. The van der Waals surface area contributed by atoms with Gasteiger partial charge in [-0.1, -0.05) is 18.2 Å². The van der Waals surface area contributed by atoms with Gasteiger partial charge < -0.3 is 14.6 Å². The van der Waals surface area contributed by atoms with Crippen molar-refractivity contribution in [1.82, 2.24) is 0 Å². The predicted molar refractivity (Wildman–Crippen MR) is 63.8 cm³/mol. The summed E-state index contributed by atoms with van der Waals surface area (Å²) in [7, 11) is 0. The van der Waals surface area contributed by atoms with Crippen molar-refractivity contribution in [3.63, 3.8) is 0 Å². The number of hydrogen-bond donors (Lipinski definition) is 1. The zero-order valence-electron chi connectivity index (χ0n) is 10.4. The first-order valence-corrected chi connectivity index (χ1v) is 5.62. The third kappa shape index (κ3) is 3.46. The molecule has 0 aliphatic rings. The fourth-order valence-corrected chi connectivity index (χ4v) is 1.49. The number of hydrogen-bond acceptors (Lipinski definition) is 4. The van der Waals surface area contributed by atoms with Gasteiger partial charge in [-0.25, -0.2) is 4.79 Å². The van der Waals surface area contributed by atoms with Crippen molar-refractivity contribution < 1.29 is 19.4 Å². The largest absolute Gasteiger partial charge is 0.478 e. The van der Waals surface area contributed by atoms with Gasteiger partial charge in [0.15, 0.2) is 6.10 Å². The average molecular weight is 238 g/mol. The molecule has 0 aromatic heterocycles. The van der Waals surface area contributed by atoms with E-state index < -0.39 is 12.1 Å². The van der Waals surface area contributed by atoms with Gasteiger partial charge in [-0.2, -0.15) is 0 Å². The summed E-state index contributed by atoms with van der Waals surface area (Å²) in [6.07, 6.45) is -0.679. The Bertz CT molecular complexity index is 387. The summed E-state index contributed by atoms with van der Waals surface area (Å²) in [4.78, 5) is 11.4. The second-order valence-corrected chi connectivity index (χ2v) is 3.73. The number of aliphatic hydroxyl groups is 1. The van der Waals surface area contributed by atoms with Crippen LogP contribution in [0.15, 0.2) is 18.2 Å². The van der Waals surface area contributed by atoms with Gasteiger partial charge in [-0.15, -0.1) is 0 Å². The highest BCUT2D eigenvalue weighted by molar-refractivity contribution is 5.74. The van der Waals surface area contributed by atoms with Gasteiger partial charge in [0.25, 0.3) is 0 Å². The molecule has 0 radical (unpaired) electrons. The maximum absolute atomic E-state index is 11.4. The van der Waals surface area contributed by atoms with Crippen molar-refractivity contribution in [2.75, 3.05) is 6.61 Å². The van der Waals surface area contributed by atoms with E-state index in [1.807, 2.05) is 19.1 Å². The van der Waals surface area contributed by atoms with Crippen LogP contribution in [0.4, 0.5) is 0 Å². The van der Waals surface area contributed by atoms with Crippen molar-refractivity contribution in [3.05, 3.63) is 29.3 Å². The number of aryl methyl sites for hydroxylation is 1. The van der Waals surface area contributed by atoms with E-state index in [0.717, 1.165) is 5.56 Å². The standard InChI is InChI=1S/C13H18O4/c1-4-16-13(15)10(3)17-12-9(2)6-5-7-11(12)8-14/h5-7,10,14H,4,8H2,1-3H3. The van der Waals surface area contributed by atoms with Crippen LogP contribution in [-0.4, -0.2) is 23.8 Å². The first kappa shape index (κ1) is 13.5. The molecule has 0 amide bonds. The van der Waals surface area contributed by atoms with Crippen molar-refractivity contribution >= 4 is 5.97 Å². The lowest BCUT2D eigenvalue weighted by molar-refractivity contribution is -0.150. The highest BCUT2D eigenvalue weighted by Crippen LogP contribution is 2.24. The molecule has 4 heteroatoms. The summed E-state index contributed by atoms with van der Waals surface area (Å²) in [5.41, 5.74) is 1.55. The van der Waals surface area contributed by atoms with Gasteiger partial charge in [0.05, 0.1) is 13.2 Å². The fourth-order valence-electron chi connectivity index (χ4n) is 1.49. The van der Waals surface area contributed by atoms with E-state index in [-0.39, 0.29) is 6.61 Å². The number of aliphatic hydroxyl groups excluding tert-OH is 1. The molecule has 0 saturated carbocycles. The summed E-state index contributed by atoms with van der Waals surface area (Å²) >= 11 is 0. The summed E-state index contributed by atoms with van der Waals surface area (Å²) in [6.45, 7) is 5.45. The molecule has 17 heavy (non-hydrogen) atoms. The van der Waals surface area contributed by atoms with E-state index in [9.17, 15) is 9.90 Å². The lowest BCUT2D eigenvalue weighted by Crippen LogP contribution is -2.26. The Morgan fingerprint density at radius 1 is 1.47 bits per heavy atom. The number of para-hydroxylation sites is 1. The Balaban J connectivity index is 2.83. The lowest BCUT2D eigenvalue weighted by Gasteiger charge is -2.17. The van der Waals surface area contributed by atoms with Crippen molar-refractivity contribution in [1.29, 1.82) is 0 Å². The minimum Gasteiger partial charge on any atom is -0.478 e. The summed E-state index contributed by atoms with van der Waals surface area (Å²) < 4.78 is 10.4. The van der Waals surface area contributed by atoms with E-state index in [1.54, 1.807) is 19.9 Å². The molecule has 1 aromatic carbocycles. The monoisotopic (exact) mass is 238 g/mol.